The van der Waals surface area contributed by atoms with Crippen molar-refractivity contribution in [2.75, 3.05) is 53.0 Å². The van der Waals surface area contributed by atoms with Crippen molar-refractivity contribution in [1.29, 1.82) is 0 Å². The molecule has 154 valence electrons. The molecule has 2 saturated heterocycles. The Labute approximate surface area is 168 Å². The summed E-state index contributed by atoms with van der Waals surface area (Å²) in [5, 5.41) is 7.10. The van der Waals surface area contributed by atoms with E-state index in [1.165, 1.54) is 37.1 Å². The molecule has 0 amide bonds. The van der Waals surface area contributed by atoms with Gasteiger partial charge in [-0.05, 0) is 62.4 Å². The molecule has 0 aromatic heterocycles. The fraction of sp³-hybridized carbons (Fsp3) is 0.682. The molecular weight excluding hydrogens is 352 g/mol. The summed E-state index contributed by atoms with van der Waals surface area (Å²) < 4.78 is 11.3. The zero-order chi connectivity index (χ0) is 19.2. The van der Waals surface area contributed by atoms with Gasteiger partial charge in [0.15, 0.2) is 5.96 Å². The summed E-state index contributed by atoms with van der Waals surface area (Å²) >= 11 is 0. The van der Waals surface area contributed by atoms with E-state index >= 15 is 0 Å². The smallest absolute Gasteiger partial charge is 0.191 e. The number of hydrogen-bond donors (Lipinski definition) is 2. The molecule has 6 nitrogen and oxygen atoms in total. The first kappa shape index (κ1) is 19.5. The van der Waals surface area contributed by atoms with Crippen molar-refractivity contribution < 1.29 is 9.47 Å². The van der Waals surface area contributed by atoms with Gasteiger partial charge in [0.25, 0.3) is 0 Å². The number of likely N-dealkylation sites (tertiary alicyclic amines) is 1. The number of nitrogens with zero attached hydrogens (tertiary/aromatic N) is 2. The Hall–Kier alpha value is -1.79. The van der Waals surface area contributed by atoms with Gasteiger partial charge in [0.2, 0.25) is 0 Å². The second-order valence-electron chi connectivity index (χ2n) is 8.17. The van der Waals surface area contributed by atoms with Crippen molar-refractivity contribution in [3.05, 3.63) is 29.3 Å². The number of guanidine groups is 1. The molecule has 0 atom stereocenters. The Balaban J connectivity index is 1.28. The molecule has 3 heterocycles. The zero-order valence-electron chi connectivity index (χ0n) is 17.1. The van der Waals surface area contributed by atoms with Crippen molar-refractivity contribution in [2.45, 2.75) is 44.1 Å². The minimum Gasteiger partial charge on any atom is -0.493 e. The number of rotatable bonds is 6. The fourth-order valence-corrected chi connectivity index (χ4v) is 4.74. The molecule has 0 unspecified atom stereocenters. The van der Waals surface area contributed by atoms with Gasteiger partial charge in [0.05, 0.1) is 6.61 Å². The summed E-state index contributed by atoms with van der Waals surface area (Å²) in [7, 11) is 1.86. The van der Waals surface area contributed by atoms with Crippen LogP contribution in [0.1, 0.15) is 36.8 Å². The summed E-state index contributed by atoms with van der Waals surface area (Å²) in [5.74, 6) is 1.95. The van der Waals surface area contributed by atoms with E-state index in [4.69, 9.17) is 9.47 Å². The molecule has 3 aliphatic heterocycles. The van der Waals surface area contributed by atoms with Crippen LogP contribution in [0.3, 0.4) is 0 Å². The maximum atomic E-state index is 5.65. The highest BCUT2D eigenvalue weighted by molar-refractivity contribution is 5.79. The van der Waals surface area contributed by atoms with Crippen LogP contribution >= 0.6 is 0 Å². The molecule has 1 aromatic rings. The second-order valence-corrected chi connectivity index (χ2v) is 8.17. The van der Waals surface area contributed by atoms with Crippen LogP contribution in [-0.2, 0) is 17.6 Å². The highest BCUT2D eigenvalue weighted by Crippen LogP contribution is 2.30. The van der Waals surface area contributed by atoms with Crippen molar-refractivity contribution in [3.8, 4) is 5.75 Å². The lowest BCUT2D eigenvalue weighted by molar-refractivity contribution is -0.0164. The lowest BCUT2D eigenvalue weighted by atomic mass is 9.88. The quantitative estimate of drug-likeness (QED) is 0.578. The van der Waals surface area contributed by atoms with Crippen molar-refractivity contribution in [3.63, 3.8) is 0 Å². The molecule has 6 heteroatoms. The number of nitrogens with one attached hydrogen (secondary N) is 2. The minimum atomic E-state index is 0.215. The van der Waals surface area contributed by atoms with Crippen molar-refractivity contribution in [1.82, 2.24) is 15.5 Å². The first-order chi connectivity index (χ1) is 13.8. The number of fused-ring (bicyclic) bond motifs is 1. The monoisotopic (exact) mass is 386 g/mol. The van der Waals surface area contributed by atoms with Crippen LogP contribution in [0.4, 0.5) is 0 Å². The van der Waals surface area contributed by atoms with E-state index in [0.29, 0.717) is 0 Å². The summed E-state index contributed by atoms with van der Waals surface area (Å²) in [6.07, 6.45) is 6.87. The van der Waals surface area contributed by atoms with Crippen LogP contribution in [0.25, 0.3) is 0 Å². The normalized spacial score (nSPS) is 22.0. The molecule has 2 N–H and O–H groups in total. The Morgan fingerprint density at radius 3 is 2.75 bits per heavy atom. The number of aliphatic imine (C=N–C) groups is 1. The minimum absolute atomic E-state index is 0.215. The van der Waals surface area contributed by atoms with E-state index in [2.05, 4.69) is 38.7 Å². The summed E-state index contributed by atoms with van der Waals surface area (Å²) in [6.45, 7) is 6.80. The predicted octanol–water partition coefficient (Wildman–Crippen LogP) is 1.97. The van der Waals surface area contributed by atoms with Crippen LogP contribution in [0.15, 0.2) is 23.2 Å². The molecule has 0 saturated carbocycles. The van der Waals surface area contributed by atoms with Crippen LogP contribution < -0.4 is 15.4 Å². The van der Waals surface area contributed by atoms with Crippen LogP contribution in [-0.4, -0.2) is 69.4 Å². The summed E-state index contributed by atoms with van der Waals surface area (Å²) in [6, 6.07) is 6.56. The molecule has 4 rings (SSSR count). The molecule has 3 aliphatic rings. The first-order valence-corrected chi connectivity index (χ1v) is 10.8. The number of hydrogen-bond acceptors (Lipinski definition) is 4. The molecular formula is C22H34N4O2. The zero-order valence-corrected chi connectivity index (χ0v) is 17.1. The molecule has 0 radical (unpaired) electrons. The Morgan fingerprint density at radius 1 is 1.14 bits per heavy atom. The Morgan fingerprint density at radius 2 is 1.96 bits per heavy atom. The number of benzene rings is 1. The van der Waals surface area contributed by atoms with Gasteiger partial charge in [-0.15, -0.1) is 0 Å². The maximum Gasteiger partial charge on any atom is 0.191 e. The van der Waals surface area contributed by atoms with Crippen molar-refractivity contribution >= 4 is 5.96 Å². The molecule has 28 heavy (non-hydrogen) atoms. The van der Waals surface area contributed by atoms with E-state index in [-0.39, 0.29) is 5.54 Å². The van der Waals surface area contributed by atoms with Gasteiger partial charge in [0.1, 0.15) is 5.75 Å². The molecule has 0 bridgehead atoms. The van der Waals surface area contributed by atoms with Crippen LogP contribution in [0.2, 0.25) is 0 Å². The topological polar surface area (TPSA) is 58.1 Å². The first-order valence-electron chi connectivity index (χ1n) is 10.8. The van der Waals surface area contributed by atoms with E-state index < -0.39 is 0 Å². The van der Waals surface area contributed by atoms with E-state index in [0.717, 1.165) is 70.3 Å². The molecule has 1 aromatic carbocycles. The van der Waals surface area contributed by atoms with Gasteiger partial charge in [-0.25, -0.2) is 0 Å². The lowest BCUT2D eigenvalue weighted by Crippen LogP contribution is -2.58. The van der Waals surface area contributed by atoms with Gasteiger partial charge < -0.3 is 20.1 Å². The van der Waals surface area contributed by atoms with Crippen LogP contribution in [0.5, 0.6) is 5.75 Å². The largest absolute Gasteiger partial charge is 0.493 e. The average molecular weight is 387 g/mol. The van der Waals surface area contributed by atoms with E-state index in [1.807, 2.05) is 7.05 Å². The van der Waals surface area contributed by atoms with Gasteiger partial charge in [-0.3, -0.25) is 9.89 Å². The van der Waals surface area contributed by atoms with Crippen molar-refractivity contribution in [2.24, 2.45) is 4.99 Å². The standard InChI is InChI=1S/C22H34N4O2/c1-23-21(24-10-6-18-4-5-20-19(16-18)7-13-28-20)25-17-22(8-14-27-15-9-22)26-11-2-3-12-26/h4-5,16H,2-3,6-15,17H2,1H3,(H2,23,24,25). The average Bonchev–Trinajstić information content (AvgIpc) is 3.43. The molecule has 0 spiro atoms. The summed E-state index contributed by atoms with van der Waals surface area (Å²) in [5.41, 5.74) is 2.91. The Kier molecular flexibility index (Phi) is 6.37. The van der Waals surface area contributed by atoms with Gasteiger partial charge >= 0.3 is 0 Å². The highest BCUT2D eigenvalue weighted by atomic mass is 16.5. The lowest BCUT2D eigenvalue weighted by Gasteiger charge is -2.45. The summed E-state index contributed by atoms with van der Waals surface area (Å²) in [4.78, 5) is 7.13. The third kappa shape index (κ3) is 4.44. The number of ether oxygens (including phenoxy) is 2. The predicted molar refractivity (Wildman–Crippen MR) is 112 cm³/mol. The SMILES string of the molecule is CN=C(NCCc1ccc2c(c1)CCO2)NCC1(N2CCCC2)CCOCC1. The third-order valence-corrected chi connectivity index (χ3v) is 6.47. The second kappa shape index (κ2) is 9.14. The van der Waals surface area contributed by atoms with E-state index in [1.54, 1.807) is 0 Å². The molecule has 0 aliphatic carbocycles. The van der Waals surface area contributed by atoms with Gasteiger partial charge in [0, 0.05) is 45.3 Å². The van der Waals surface area contributed by atoms with Gasteiger partial charge in [-0.2, -0.15) is 0 Å². The third-order valence-electron chi connectivity index (χ3n) is 6.47. The Bertz CT molecular complexity index is 679. The fourth-order valence-electron chi connectivity index (χ4n) is 4.74. The van der Waals surface area contributed by atoms with E-state index in [9.17, 15) is 0 Å². The molecule has 2 fully saturated rings. The maximum absolute atomic E-state index is 5.65. The van der Waals surface area contributed by atoms with Crippen LogP contribution in [0, 0.1) is 0 Å². The highest BCUT2D eigenvalue weighted by Gasteiger charge is 2.39. The van der Waals surface area contributed by atoms with Gasteiger partial charge in [-0.1, -0.05) is 12.1 Å².